The molecule has 6 aromatic rings. The van der Waals surface area contributed by atoms with Crippen LogP contribution >= 0.6 is 15.9 Å². The number of ether oxygens (including phenoxy) is 2. The molecule has 2 heterocycles. The molecule has 0 radical (unpaired) electrons. The molecule has 6 aromatic carbocycles. The first-order chi connectivity index (χ1) is 33.0. The van der Waals surface area contributed by atoms with Crippen molar-refractivity contribution < 1.29 is 38.7 Å². The van der Waals surface area contributed by atoms with Crippen LogP contribution in [0, 0.1) is 0 Å². The van der Waals surface area contributed by atoms with Gasteiger partial charge in [-0.15, -0.1) is 0 Å². The standard InChI is InChI=1S/C27H28N2O3.C21H23BrN2O3.C6H7BO2/c1-32-26(30)24-12-10-21(11-13-24)20-29(27(31)28-18-6-3-7-19-28)25-16-14-23(15-17-25)22-8-4-2-5-9-22;1-27-20(25)17-7-5-16(6-8-17)15-24(19-11-9-18(22)10-12-19)21(26)23-13-3-2-4-14-23;8-7(9)6-4-2-1-3-5-6/h2,4-5,8-17H,3,6-7,18-20H2,1H3;5-12H,2-4,13-15H2,1H3;1-5,8-9H. The van der Waals surface area contributed by atoms with E-state index in [2.05, 4.69) is 40.2 Å². The fourth-order valence-corrected chi connectivity index (χ4v) is 8.12. The number of methoxy groups -OCH3 is 2. The summed E-state index contributed by atoms with van der Waals surface area (Å²) >= 11 is 3.45. The number of hydrogen-bond donors (Lipinski definition) is 2. The molecule has 0 aliphatic carbocycles. The lowest BCUT2D eigenvalue weighted by Gasteiger charge is -2.33. The molecule has 0 saturated carbocycles. The third-order valence-electron chi connectivity index (χ3n) is 11.7. The van der Waals surface area contributed by atoms with Crippen molar-refractivity contribution in [1.29, 1.82) is 0 Å². The van der Waals surface area contributed by atoms with Gasteiger partial charge in [0.15, 0.2) is 0 Å². The van der Waals surface area contributed by atoms with Gasteiger partial charge in [-0.1, -0.05) is 113 Å². The molecule has 68 heavy (non-hydrogen) atoms. The zero-order valence-corrected chi connectivity index (χ0v) is 40.2. The minimum Gasteiger partial charge on any atom is -0.465 e. The maximum atomic E-state index is 13.5. The largest absolute Gasteiger partial charge is 0.488 e. The first kappa shape index (κ1) is 50.7. The maximum Gasteiger partial charge on any atom is 0.488 e. The first-order valence-electron chi connectivity index (χ1n) is 22.8. The van der Waals surface area contributed by atoms with Crippen molar-refractivity contribution in [3.8, 4) is 11.1 Å². The van der Waals surface area contributed by atoms with Crippen LogP contribution in [0.2, 0.25) is 0 Å². The quantitative estimate of drug-likeness (QED) is 0.102. The summed E-state index contributed by atoms with van der Waals surface area (Å²) in [4.78, 5) is 57.5. The highest BCUT2D eigenvalue weighted by Gasteiger charge is 2.26. The van der Waals surface area contributed by atoms with Crippen molar-refractivity contribution in [3.05, 3.63) is 184 Å². The summed E-state index contributed by atoms with van der Waals surface area (Å²) < 4.78 is 10.5. The molecule has 0 aromatic heterocycles. The van der Waals surface area contributed by atoms with E-state index in [0.29, 0.717) is 29.7 Å². The highest BCUT2D eigenvalue weighted by Crippen LogP contribution is 2.27. The second-order valence-corrected chi connectivity index (χ2v) is 17.3. The third-order valence-corrected chi connectivity index (χ3v) is 12.2. The number of anilines is 2. The van der Waals surface area contributed by atoms with Crippen LogP contribution < -0.4 is 15.3 Å². The summed E-state index contributed by atoms with van der Waals surface area (Å²) in [7, 11) is 1.39. The van der Waals surface area contributed by atoms with Crippen LogP contribution in [0.4, 0.5) is 21.0 Å². The molecule has 0 spiro atoms. The lowest BCUT2D eigenvalue weighted by molar-refractivity contribution is 0.0592. The number of carbonyl (C=O) groups excluding carboxylic acids is 4. The Balaban J connectivity index is 0.000000191. The molecular weight excluding hydrogens is 923 g/mol. The fraction of sp³-hybridized carbons (Fsp3) is 0.259. The summed E-state index contributed by atoms with van der Waals surface area (Å²) in [5.41, 5.74) is 7.40. The van der Waals surface area contributed by atoms with Gasteiger partial charge in [0.05, 0.1) is 38.4 Å². The molecule has 0 atom stereocenters. The zero-order chi connectivity index (χ0) is 48.3. The number of amides is 4. The van der Waals surface area contributed by atoms with Gasteiger partial charge in [-0.2, -0.15) is 0 Å². The molecule has 2 aliphatic heterocycles. The normalized spacial score (nSPS) is 13.1. The highest BCUT2D eigenvalue weighted by atomic mass is 79.9. The van der Waals surface area contributed by atoms with E-state index < -0.39 is 7.12 Å². The monoisotopic (exact) mass is 980 g/mol. The van der Waals surface area contributed by atoms with E-state index in [1.807, 2.05) is 99.6 Å². The van der Waals surface area contributed by atoms with Crippen LogP contribution in [0.3, 0.4) is 0 Å². The molecule has 2 fully saturated rings. The van der Waals surface area contributed by atoms with E-state index in [-0.39, 0.29) is 24.0 Å². The van der Waals surface area contributed by atoms with Crippen molar-refractivity contribution in [2.45, 2.75) is 51.6 Å². The second-order valence-electron chi connectivity index (χ2n) is 16.4. The molecule has 8 rings (SSSR count). The van der Waals surface area contributed by atoms with Crippen LogP contribution in [-0.2, 0) is 22.6 Å². The molecule has 2 N–H and O–H groups in total. The lowest BCUT2D eigenvalue weighted by atomic mass is 9.81. The molecule has 12 nitrogen and oxygen atoms in total. The number of hydrogen-bond acceptors (Lipinski definition) is 8. The van der Waals surface area contributed by atoms with E-state index in [9.17, 15) is 19.2 Å². The minimum atomic E-state index is -1.34. The van der Waals surface area contributed by atoms with E-state index in [1.165, 1.54) is 27.1 Å². The van der Waals surface area contributed by atoms with Crippen molar-refractivity contribution >= 4 is 63.9 Å². The van der Waals surface area contributed by atoms with Crippen LogP contribution in [0.5, 0.6) is 0 Å². The number of benzene rings is 6. The summed E-state index contributed by atoms with van der Waals surface area (Å²) in [6.45, 7) is 4.05. The SMILES string of the molecule is COC(=O)c1ccc(CN(C(=O)N2CCCCC2)c2ccc(-c3ccccc3)cc2)cc1.COC(=O)c1ccc(CN(C(=O)N2CCCCC2)c2ccc(Br)cc2)cc1.OB(O)c1ccccc1. The molecule has 2 saturated heterocycles. The van der Waals surface area contributed by atoms with E-state index >= 15 is 0 Å². The zero-order valence-electron chi connectivity index (χ0n) is 38.6. The number of likely N-dealkylation sites (tertiary alicyclic amines) is 2. The summed E-state index contributed by atoms with van der Waals surface area (Å²) in [6, 6.07) is 49.2. The average Bonchev–Trinajstić information content (AvgIpc) is 3.40. The molecule has 0 bridgehead atoms. The Kier molecular flexibility index (Phi) is 19.4. The number of esters is 2. The van der Waals surface area contributed by atoms with Gasteiger partial charge in [0.25, 0.3) is 0 Å². The Labute approximate surface area is 408 Å². The molecule has 4 amide bonds. The topological polar surface area (TPSA) is 140 Å². The lowest BCUT2D eigenvalue weighted by Crippen LogP contribution is -2.45. The van der Waals surface area contributed by atoms with Gasteiger partial charge in [-0.25, -0.2) is 19.2 Å². The third kappa shape index (κ3) is 14.6. The number of halogens is 1. The molecule has 2 aliphatic rings. The van der Waals surface area contributed by atoms with Gasteiger partial charge in [0.2, 0.25) is 0 Å². The van der Waals surface area contributed by atoms with Crippen LogP contribution in [0.25, 0.3) is 11.1 Å². The van der Waals surface area contributed by atoms with Crippen molar-refractivity contribution in [1.82, 2.24) is 9.80 Å². The van der Waals surface area contributed by atoms with Gasteiger partial charge in [-0.05, 0) is 127 Å². The number of carbonyl (C=O) groups is 4. The van der Waals surface area contributed by atoms with Gasteiger partial charge in [0, 0.05) is 42.0 Å². The number of rotatable bonds is 10. The van der Waals surface area contributed by atoms with E-state index in [4.69, 9.17) is 19.5 Å². The van der Waals surface area contributed by atoms with E-state index in [1.54, 1.807) is 53.4 Å². The van der Waals surface area contributed by atoms with Gasteiger partial charge >= 0.3 is 31.1 Å². The van der Waals surface area contributed by atoms with Crippen molar-refractivity contribution in [2.75, 3.05) is 50.2 Å². The average molecular weight is 982 g/mol. The predicted molar refractivity (Wildman–Crippen MR) is 272 cm³/mol. The number of piperidine rings is 2. The number of nitrogens with zero attached hydrogens (tertiary/aromatic N) is 4. The van der Waals surface area contributed by atoms with Crippen LogP contribution in [-0.4, -0.2) is 91.4 Å². The molecule has 352 valence electrons. The van der Waals surface area contributed by atoms with Crippen LogP contribution in [0.15, 0.2) is 162 Å². The van der Waals surface area contributed by atoms with Crippen LogP contribution in [0.1, 0.15) is 70.4 Å². The molecule has 14 heteroatoms. The summed E-state index contributed by atoms with van der Waals surface area (Å²) in [6.07, 6.45) is 6.53. The highest BCUT2D eigenvalue weighted by molar-refractivity contribution is 9.10. The van der Waals surface area contributed by atoms with Gasteiger partial charge in [0.1, 0.15) is 0 Å². The Morgan fingerprint density at radius 3 is 1.24 bits per heavy atom. The first-order valence-corrected chi connectivity index (χ1v) is 23.6. The Bertz CT molecular complexity index is 2500. The molecular formula is C54H58BBrN4O8. The number of urea groups is 2. The maximum absolute atomic E-state index is 13.5. The summed E-state index contributed by atoms with van der Waals surface area (Å²) in [5, 5.41) is 17.2. The second kappa shape index (κ2) is 26.0. The predicted octanol–water partition coefficient (Wildman–Crippen LogP) is 9.97. The summed E-state index contributed by atoms with van der Waals surface area (Å²) in [5.74, 6) is -0.731. The Morgan fingerprint density at radius 2 is 0.868 bits per heavy atom. The van der Waals surface area contributed by atoms with Crippen molar-refractivity contribution in [3.63, 3.8) is 0 Å². The van der Waals surface area contributed by atoms with Gasteiger partial charge in [-0.3, -0.25) is 9.80 Å². The smallest absolute Gasteiger partial charge is 0.465 e. The fourth-order valence-electron chi connectivity index (χ4n) is 7.85. The van der Waals surface area contributed by atoms with Gasteiger partial charge < -0.3 is 29.3 Å². The minimum absolute atomic E-state index is 0.0223. The Morgan fingerprint density at radius 1 is 0.500 bits per heavy atom. The molecule has 0 unspecified atom stereocenters. The Hall–Kier alpha value is -6.74. The van der Waals surface area contributed by atoms with Crippen molar-refractivity contribution in [2.24, 2.45) is 0 Å². The van der Waals surface area contributed by atoms with E-state index in [0.717, 1.165) is 90.0 Å².